The van der Waals surface area contributed by atoms with E-state index in [-0.39, 0.29) is 5.63 Å². The number of hydrogen-bond acceptors (Lipinski definition) is 3. The lowest BCUT2D eigenvalue weighted by atomic mass is 9.97. The topological polar surface area (TPSA) is 43.4 Å². The van der Waals surface area contributed by atoms with Crippen LogP contribution in [0.25, 0.3) is 33.1 Å². The zero-order chi connectivity index (χ0) is 17.7. The highest BCUT2D eigenvalue weighted by molar-refractivity contribution is 9.10. The Labute approximate surface area is 158 Å². The Morgan fingerprint density at radius 2 is 1.62 bits per heavy atom. The van der Waals surface area contributed by atoms with E-state index in [1.165, 1.54) is 5.56 Å². The highest BCUT2D eigenvalue weighted by Gasteiger charge is 2.19. The fraction of sp³-hybridized carbons (Fsp3) is 0.227. The molecule has 3 nitrogen and oxygen atoms in total. The van der Waals surface area contributed by atoms with Gasteiger partial charge in [-0.3, -0.25) is 0 Å². The van der Waals surface area contributed by atoms with Crippen molar-refractivity contribution in [1.82, 2.24) is 0 Å². The van der Waals surface area contributed by atoms with Crippen LogP contribution in [-0.4, -0.2) is 0 Å². The Morgan fingerprint density at radius 1 is 0.846 bits per heavy atom. The molecule has 0 aliphatic heterocycles. The maximum atomic E-state index is 12.4. The Morgan fingerprint density at radius 3 is 2.42 bits per heavy atom. The number of aryl methyl sites for hydroxylation is 1. The molecule has 130 valence electrons. The van der Waals surface area contributed by atoms with Gasteiger partial charge >= 0.3 is 5.63 Å². The number of hydrogen-bond donors (Lipinski definition) is 0. The Balaban J connectivity index is 1.80. The SMILES string of the molecule is O=c1oc2cc3occ(-c4ccc(Br)cc4)c3cc2c2c1CCCCC2. The summed E-state index contributed by atoms with van der Waals surface area (Å²) >= 11 is 3.48. The minimum atomic E-state index is -0.187. The molecule has 0 N–H and O–H groups in total. The van der Waals surface area contributed by atoms with Crippen LogP contribution < -0.4 is 5.63 Å². The van der Waals surface area contributed by atoms with E-state index < -0.39 is 0 Å². The van der Waals surface area contributed by atoms with E-state index >= 15 is 0 Å². The second-order valence-corrected chi connectivity index (χ2v) is 7.82. The van der Waals surface area contributed by atoms with Gasteiger partial charge in [0.1, 0.15) is 11.2 Å². The number of halogens is 1. The van der Waals surface area contributed by atoms with Crippen LogP contribution in [0.3, 0.4) is 0 Å². The highest BCUT2D eigenvalue weighted by atomic mass is 79.9. The Bertz CT molecular complexity index is 1180. The molecule has 5 rings (SSSR count). The molecular weight excluding hydrogens is 392 g/mol. The van der Waals surface area contributed by atoms with Gasteiger partial charge < -0.3 is 8.83 Å². The summed E-state index contributed by atoms with van der Waals surface area (Å²) in [7, 11) is 0. The van der Waals surface area contributed by atoms with Crippen molar-refractivity contribution in [3.63, 3.8) is 0 Å². The quantitative estimate of drug-likeness (QED) is 0.276. The van der Waals surface area contributed by atoms with E-state index in [0.29, 0.717) is 5.58 Å². The molecule has 0 radical (unpaired) electrons. The zero-order valence-corrected chi connectivity index (χ0v) is 15.8. The monoisotopic (exact) mass is 408 g/mol. The molecule has 0 bridgehead atoms. The molecule has 2 heterocycles. The van der Waals surface area contributed by atoms with E-state index in [4.69, 9.17) is 8.83 Å². The van der Waals surface area contributed by atoms with Crippen LogP contribution in [0.5, 0.6) is 0 Å². The first-order chi connectivity index (χ1) is 12.7. The number of benzene rings is 2. The van der Waals surface area contributed by atoms with Crippen molar-refractivity contribution in [3.8, 4) is 11.1 Å². The van der Waals surface area contributed by atoms with Crippen LogP contribution in [0.15, 0.2) is 60.8 Å². The second-order valence-electron chi connectivity index (χ2n) is 6.91. The molecule has 1 aliphatic carbocycles. The molecule has 0 atom stereocenters. The van der Waals surface area contributed by atoms with Gasteiger partial charge in [-0.25, -0.2) is 4.79 Å². The maximum absolute atomic E-state index is 12.4. The molecule has 0 fully saturated rings. The van der Waals surface area contributed by atoms with Crippen LogP contribution in [-0.2, 0) is 12.8 Å². The molecule has 4 aromatic rings. The summed E-state index contributed by atoms with van der Waals surface area (Å²) < 4.78 is 12.5. The first kappa shape index (κ1) is 15.9. The molecule has 0 saturated carbocycles. The van der Waals surface area contributed by atoms with Gasteiger partial charge in [-0.2, -0.15) is 0 Å². The first-order valence-corrected chi connectivity index (χ1v) is 9.76. The number of furan rings is 1. The molecule has 26 heavy (non-hydrogen) atoms. The van der Waals surface area contributed by atoms with Gasteiger partial charge in [0, 0.05) is 32.4 Å². The van der Waals surface area contributed by atoms with Crippen molar-refractivity contribution in [1.29, 1.82) is 0 Å². The lowest BCUT2D eigenvalue weighted by Gasteiger charge is -2.08. The third-order valence-corrected chi connectivity index (χ3v) is 5.85. The van der Waals surface area contributed by atoms with Crippen molar-refractivity contribution in [2.75, 3.05) is 0 Å². The third-order valence-electron chi connectivity index (χ3n) is 5.32. The molecule has 0 amide bonds. The van der Waals surface area contributed by atoms with Crippen LogP contribution in [0.2, 0.25) is 0 Å². The highest BCUT2D eigenvalue weighted by Crippen LogP contribution is 2.36. The van der Waals surface area contributed by atoms with Gasteiger partial charge in [-0.05, 0) is 55.0 Å². The summed E-state index contributed by atoms with van der Waals surface area (Å²) in [6.07, 6.45) is 6.87. The van der Waals surface area contributed by atoms with Crippen molar-refractivity contribution < 1.29 is 8.83 Å². The summed E-state index contributed by atoms with van der Waals surface area (Å²) in [5.41, 5.74) is 5.37. The maximum Gasteiger partial charge on any atom is 0.339 e. The Hall–Kier alpha value is -2.33. The van der Waals surface area contributed by atoms with Crippen LogP contribution >= 0.6 is 15.9 Å². The molecular formula is C22H17BrO3. The van der Waals surface area contributed by atoms with Crippen molar-refractivity contribution >= 4 is 37.9 Å². The van der Waals surface area contributed by atoms with E-state index in [2.05, 4.69) is 34.1 Å². The molecule has 2 aromatic heterocycles. The van der Waals surface area contributed by atoms with E-state index in [1.54, 1.807) is 6.26 Å². The molecule has 0 saturated heterocycles. The smallest absolute Gasteiger partial charge is 0.339 e. The fourth-order valence-electron chi connectivity index (χ4n) is 3.99. The predicted molar refractivity (Wildman–Crippen MR) is 107 cm³/mol. The van der Waals surface area contributed by atoms with Gasteiger partial charge in [-0.15, -0.1) is 0 Å². The predicted octanol–water partition coefficient (Wildman–Crippen LogP) is 6.24. The van der Waals surface area contributed by atoms with Gasteiger partial charge in [0.25, 0.3) is 0 Å². The van der Waals surface area contributed by atoms with Crippen LogP contribution in [0.4, 0.5) is 0 Å². The lowest BCUT2D eigenvalue weighted by Crippen LogP contribution is -2.10. The molecule has 2 aromatic carbocycles. The lowest BCUT2D eigenvalue weighted by molar-refractivity contribution is 0.546. The third kappa shape index (κ3) is 2.52. The summed E-state index contributed by atoms with van der Waals surface area (Å²) in [6.45, 7) is 0. The van der Waals surface area contributed by atoms with E-state index in [9.17, 15) is 4.79 Å². The largest absolute Gasteiger partial charge is 0.464 e. The number of fused-ring (bicyclic) bond motifs is 4. The zero-order valence-electron chi connectivity index (χ0n) is 14.2. The first-order valence-electron chi connectivity index (χ1n) is 8.96. The minimum absolute atomic E-state index is 0.187. The van der Waals surface area contributed by atoms with Crippen molar-refractivity contribution in [3.05, 3.63) is 68.7 Å². The molecule has 1 aliphatic rings. The van der Waals surface area contributed by atoms with Gasteiger partial charge in [0.15, 0.2) is 0 Å². The minimum Gasteiger partial charge on any atom is -0.464 e. The standard InChI is InChI=1S/C22H17BrO3/c23-14-8-6-13(7-9-14)19-12-25-20-11-21-17(10-18(19)20)15-4-2-1-3-5-16(15)22(24)26-21/h6-12H,1-5H2. The Kier molecular flexibility index (Phi) is 3.75. The van der Waals surface area contributed by atoms with Gasteiger partial charge in [0.2, 0.25) is 0 Å². The van der Waals surface area contributed by atoms with Crippen LogP contribution in [0, 0.1) is 0 Å². The van der Waals surface area contributed by atoms with Gasteiger partial charge in [-0.1, -0.05) is 34.5 Å². The average molecular weight is 409 g/mol. The molecule has 4 heteroatoms. The second kappa shape index (κ2) is 6.13. The van der Waals surface area contributed by atoms with Crippen molar-refractivity contribution in [2.24, 2.45) is 0 Å². The van der Waals surface area contributed by atoms with E-state index in [0.717, 1.165) is 69.6 Å². The normalized spacial score (nSPS) is 14.5. The van der Waals surface area contributed by atoms with E-state index in [1.807, 2.05) is 18.2 Å². The fourth-order valence-corrected chi connectivity index (χ4v) is 4.26. The molecule has 0 unspecified atom stereocenters. The van der Waals surface area contributed by atoms with Crippen molar-refractivity contribution in [2.45, 2.75) is 32.1 Å². The summed E-state index contributed by atoms with van der Waals surface area (Å²) in [5, 5.41) is 2.11. The van der Waals surface area contributed by atoms with Crippen LogP contribution in [0.1, 0.15) is 30.4 Å². The summed E-state index contributed by atoms with van der Waals surface area (Å²) in [4.78, 5) is 12.4. The number of rotatable bonds is 1. The summed E-state index contributed by atoms with van der Waals surface area (Å²) in [5.74, 6) is 0. The average Bonchev–Trinajstić information content (AvgIpc) is 2.88. The van der Waals surface area contributed by atoms with Gasteiger partial charge in [0.05, 0.1) is 6.26 Å². The molecule has 0 spiro atoms. The summed E-state index contributed by atoms with van der Waals surface area (Å²) in [6, 6.07) is 12.2.